The molecule has 2 aliphatic heterocycles. The molecular formula is C44H61N6O10S2+. The maximum absolute atomic E-state index is 13.2. The maximum Gasteiger partial charge on any atom is 0.264 e. The van der Waals surface area contributed by atoms with Gasteiger partial charge in [-0.2, -0.15) is 21.4 Å². The normalized spacial score (nSPS) is 16.5. The van der Waals surface area contributed by atoms with Crippen molar-refractivity contribution in [2.24, 2.45) is 5.11 Å². The summed E-state index contributed by atoms with van der Waals surface area (Å²) in [4.78, 5) is 18.0. The van der Waals surface area contributed by atoms with Crippen LogP contribution in [0.2, 0.25) is 0 Å². The molecule has 0 unspecified atom stereocenters. The zero-order valence-electron chi connectivity index (χ0n) is 36.1. The largest absolute Gasteiger partial charge is 0.379 e. The van der Waals surface area contributed by atoms with E-state index in [0.717, 1.165) is 28.3 Å². The monoisotopic (exact) mass is 897 g/mol. The third-order valence-corrected chi connectivity index (χ3v) is 12.3. The van der Waals surface area contributed by atoms with Gasteiger partial charge in [0.1, 0.15) is 6.54 Å². The molecule has 0 atom stereocenters. The average Bonchev–Trinajstić information content (AvgIpc) is 3.56. The number of fused-ring (bicyclic) bond motifs is 2. The number of nitrogens with one attached hydrogen (secondary N) is 1. The van der Waals surface area contributed by atoms with E-state index in [1.165, 1.54) is 5.56 Å². The molecule has 0 aliphatic carbocycles. The van der Waals surface area contributed by atoms with Crippen LogP contribution in [-0.2, 0) is 45.3 Å². The van der Waals surface area contributed by atoms with Gasteiger partial charge in [-0.3, -0.25) is 13.9 Å². The van der Waals surface area contributed by atoms with Gasteiger partial charge in [0, 0.05) is 71.0 Å². The van der Waals surface area contributed by atoms with Crippen LogP contribution in [0, 0.1) is 0 Å². The van der Waals surface area contributed by atoms with Crippen LogP contribution in [0.15, 0.2) is 95.8 Å². The summed E-state index contributed by atoms with van der Waals surface area (Å²) in [6.45, 7) is 12.3. The Balaban J connectivity index is 1.41. The maximum atomic E-state index is 13.2. The molecule has 0 bridgehead atoms. The Kier molecular flexibility index (Phi) is 19.1. The molecule has 3 N–H and O–H groups in total. The Labute approximate surface area is 366 Å². The van der Waals surface area contributed by atoms with E-state index < -0.39 is 25.7 Å². The molecule has 0 spiro atoms. The number of para-hydroxylation sites is 1. The molecule has 2 heterocycles. The number of azide groups is 1. The van der Waals surface area contributed by atoms with E-state index in [4.69, 9.17) is 19.7 Å². The second-order valence-corrected chi connectivity index (χ2v) is 19.0. The SMILES string of the molecule is CC1(C)C(/C=C/C=C/C=C/C=C2/N(CCCCS(=O)(=O)O)c3ccc(C(=O)NCCOCCOCCOCCN=[N+]=[N-])cc3C2(C)C)=[N+](CCCCS(=O)(=O)O)c2ccccc21. The lowest BCUT2D eigenvalue weighted by molar-refractivity contribution is -0.438. The van der Waals surface area contributed by atoms with Crippen molar-refractivity contribution in [3.63, 3.8) is 0 Å². The number of carbonyl (C=O) groups excluding carboxylic acids is 1. The van der Waals surface area contributed by atoms with Gasteiger partial charge in [-0.05, 0) is 68.5 Å². The number of benzene rings is 2. The fourth-order valence-electron chi connectivity index (χ4n) is 7.56. The first kappa shape index (κ1) is 50.0. The quantitative estimate of drug-likeness (QED) is 0.0160. The number of ether oxygens (including phenoxy) is 3. The van der Waals surface area contributed by atoms with Gasteiger partial charge in [-0.25, -0.2) is 0 Å². The summed E-state index contributed by atoms with van der Waals surface area (Å²) in [6, 6.07) is 13.8. The van der Waals surface area contributed by atoms with Crippen molar-refractivity contribution in [3.05, 3.63) is 118 Å². The number of allylic oxidation sites excluding steroid dienone is 8. The Morgan fingerprint density at radius 1 is 0.806 bits per heavy atom. The van der Waals surface area contributed by atoms with Gasteiger partial charge >= 0.3 is 0 Å². The molecule has 0 aromatic heterocycles. The van der Waals surface area contributed by atoms with E-state index in [-0.39, 0.29) is 35.8 Å². The van der Waals surface area contributed by atoms with Crippen molar-refractivity contribution < 1.29 is 49.5 Å². The van der Waals surface area contributed by atoms with Crippen LogP contribution in [0.5, 0.6) is 0 Å². The van der Waals surface area contributed by atoms with E-state index in [1.54, 1.807) is 6.07 Å². The topological polar surface area (TPSA) is 221 Å². The first-order chi connectivity index (χ1) is 29.5. The second-order valence-electron chi connectivity index (χ2n) is 15.9. The van der Waals surface area contributed by atoms with Crippen molar-refractivity contribution in [2.45, 2.75) is 64.2 Å². The molecular weight excluding hydrogens is 837 g/mol. The van der Waals surface area contributed by atoms with Crippen molar-refractivity contribution in [3.8, 4) is 0 Å². The number of nitrogens with zero attached hydrogens (tertiary/aromatic N) is 5. The summed E-state index contributed by atoms with van der Waals surface area (Å²) in [5.74, 6) is -0.831. The minimum absolute atomic E-state index is 0.236. The van der Waals surface area contributed by atoms with Crippen molar-refractivity contribution in [1.29, 1.82) is 0 Å². The molecule has 2 aromatic rings. The van der Waals surface area contributed by atoms with E-state index in [2.05, 4.69) is 70.7 Å². The molecule has 1 amide bonds. The second kappa shape index (κ2) is 23.7. The molecule has 2 aliphatic rings. The first-order valence-electron chi connectivity index (χ1n) is 20.8. The summed E-state index contributed by atoms with van der Waals surface area (Å²) in [5, 5.41) is 6.30. The summed E-state index contributed by atoms with van der Waals surface area (Å²) in [7, 11) is -8.10. The van der Waals surface area contributed by atoms with Crippen LogP contribution in [0.1, 0.15) is 74.9 Å². The lowest BCUT2D eigenvalue weighted by Gasteiger charge is -2.27. The molecule has 0 saturated carbocycles. The zero-order valence-corrected chi connectivity index (χ0v) is 37.7. The average molecular weight is 898 g/mol. The predicted octanol–water partition coefficient (Wildman–Crippen LogP) is 6.84. The van der Waals surface area contributed by atoms with Crippen molar-refractivity contribution >= 4 is 43.2 Å². The Morgan fingerprint density at radius 2 is 1.44 bits per heavy atom. The smallest absolute Gasteiger partial charge is 0.264 e. The van der Waals surface area contributed by atoms with Gasteiger partial charge in [-0.15, -0.1) is 0 Å². The van der Waals surface area contributed by atoms with Gasteiger partial charge < -0.3 is 24.4 Å². The van der Waals surface area contributed by atoms with Crippen molar-refractivity contribution in [2.75, 3.05) is 82.2 Å². The van der Waals surface area contributed by atoms with Crippen LogP contribution in [-0.4, -0.2) is 119 Å². The Morgan fingerprint density at radius 3 is 2.13 bits per heavy atom. The predicted molar refractivity (Wildman–Crippen MR) is 242 cm³/mol. The third-order valence-electron chi connectivity index (χ3n) is 10.6. The number of hydrogen-bond acceptors (Lipinski definition) is 10. The fraction of sp³-hybridized carbons (Fsp3) is 0.500. The van der Waals surface area contributed by atoms with Gasteiger partial charge in [0.2, 0.25) is 5.69 Å². The third kappa shape index (κ3) is 15.0. The fourth-order valence-corrected chi connectivity index (χ4v) is 8.70. The molecule has 0 fully saturated rings. The van der Waals surface area contributed by atoms with Crippen LogP contribution >= 0.6 is 0 Å². The van der Waals surface area contributed by atoms with E-state index in [0.29, 0.717) is 84.1 Å². The minimum Gasteiger partial charge on any atom is -0.379 e. The van der Waals surface area contributed by atoms with Crippen molar-refractivity contribution in [1.82, 2.24) is 5.32 Å². The van der Waals surface area contributed by atoms with Crippen LogP contribution in [0.25, 0.3) is 10.4 Å². The number of amides is 1. The van der Waals surface area contributed by atoms with Crippen LogP contribution in [0.3, 0.4) is 0 Å². The number of anilines is 1. The molecule has 4 rings (SSSR count). The first-order valence-corrected chi connectivity index (χ1v) is 24.0. The van der Waals surface area contributed by atoms with Crippen LogP contribution in [0.4, 0.5) is 11.4 Å². The molecule has 2 aromatic carbocycles. The number of rotatable bonds is 27. The summed E-state index contributed by atoms with van der Waals surface area (Å²) in [5.41, 5.74) is 14.2. The highest BCUT2D eigenvalue weighted by Crippen LogP contribution is 2.48. The van der Waals surface area contributed by atoms with E-state index >= 15 is 0 Å². The Hall–Kier alpha value is -4.65. The Bertz CT molecular complexity index is 2280. The molecule has 16 nitrogen and oxygen atoms in total. The summed E-state index contributed by atoms with van der Waals surface area (Å²) < 4.78 is 82.4. The van der Waals surface area contributed by atoms with E-state index in [1.807, 2.05) is 60.7 Å². The zero-order chi connectivity index (χ0) is 45.2. The number of unbranched alkanes of at least 4 members (excludes halogenated alkanes) is 2. The van der Waals surface area contributed by atoms with Gasteiger partial charge in [0.05, 0.1) is 56.6 Å². The van der Waals surface area contributed by atoms with Gasteiger partial charge in [0.15, 0.2) is 5.71 Å². The lowest BCUT2D eigenvalue weighted by atomic mass is 9.81. The molecule has 0 saturated heterocycles. The minimum atomic E-state index is -4.08. The summed E-state index contributed by atoms with van der Waals surface area (Å²) >= 11 is 0. The van der Waals surface area contributed by atoms with Crippen LogP contribution < -0.4 is 10.2 Å². The highest BCUT2D eigenvalue weighted by Gasteiger charge is 2.44. The standard InChI is InChI=1S/C44H60N6O10S2/c1-43(2)36-16-10-11-17-38(36)49(24-12-14-32-61(52,53)54)40(43)18-8-6-5-7-9-19-41-44(3,4)37-34-35(20-21-39(37)50(41)25-13-15-33-62(55,56)57)42(51)46-22-26-58-28-30-60-31-29-59-27-23-47-48-45/h5-11,16-21,34H,12-15,22-33H2,1-4H3,(H2-,46,51,52,53,54,55,56,57)/p+1. The highest BCUT2D eigenvalue weighted by molar-refractivity contribution is 7.86. The highest BCUT2D eigenvalue weighted by atomic mass is 32.2. The number of carbonyl (C=O) groups is 1. The molecule has 18 heteroatoms. The molecule has 0 radical (unpaired) electrons. The molecule has 62 heavy (non-hydrogen) atoms. The summed E-state index contributed by atoms with van der Waals surface area (Å²) in [6.07, 6.45) is 15.6. The molecule has 338 valence electrons. The van der Waals surface area contributed by atoms with Gasteiger partial charge in [-0.1, -0.05) is 67.5 Å². The lowest BCUT2D eigenvalue weighted by Crippen LogP contribution is -2.28. The van der Waals surface area contributed by atoms with E-state index in [9.17, 15) is 30.7 Å². The van der Waals surface area contributed by atoms with Gasteiger partial charge in [0.25, 0.3) is 26.1 Å². The number of hydrogen-bond donors (Lipinski definition) is 3.